The summed E-state index contributed by atoms with van der Waals surface area (Å²) in [5.74, 6) is 0.713. The van der Waals surface area contributed by atoms with Crippen LogP contribution in [0, 0.1) is 0 Å². The Morgan fingerprint density at radius 3 is 3.07 bits per heavy atom. The fourth-order valence-corrected chi connectivity index (χ4v) is 1.60. The van der Waals surface area contributed by atoms with Gasteiger partial charge >= 0.3 is 0 Å². The summed E-state index contributed by atoms with van der Waals surface area (Å²) in [7, 11) is 0. The predicted octanol–water partition coefficient (Wildman–Crippen LogP) is -0.143. The topological polar surface area (TPSA) is 75.7 Å². The maximum Gasteiger partial charge on any atom is 0.188 e. The van der Waals surface area contributed by atoms with E-state index in [1.54, 1.807) is 0 Å². The molecule has 0 unspecified atom stereocenters. The molecule has 1 aliphatic carbocycles. The monoisotopic (exact) mass is 197 g/mol. The van der Waals surface area contributed by atoms with E-state index in [0.29, 0.717) is 24.5 Å². The highest BCUT2D eigenvalue weighted by atomic mass is 16.5. The third-order valence-corrected chi connectivity index (χ3v) is 2.44. The summed E-state index contributed by atoms with van der Waals surface area (Å²) in [6.45, 7) is 3.52. The number of aromatic amines is 1. The molecule has 0 radical (unpaired) electrons. The first kappa shape index (κ1) is 9.54. The molecule has 0 bridgehead atoms. The van der Waals surface area contributed by atoms with Gasteiger partial charge in [0.2, 0.25) is 0 Å². The molecular weight excluding hydrogens is 182 g/mol. The van der Waals surface area contributed by atoms with Crippen LogP contribution in [-0.4, -0.2) is 39.4 Å². The zero-order valence-corrected chi connectivity index (χ0v) is 8.23. The molecule has 2 rings (SSSR count). The first-order valence-electron chi connectivity index (χ1n) is 4.95. The standard InChI is InChI=1S/C8H15N5O/c1-2-14-7-3-6(4-7)9-5-8-10-12-13-11-8/h6-7,9H,2-5H2,1H3,(H,10,11,12,13). The van der Waals surface area contributed by atoms with Gasteiger partial charge in [-0.3, -0.25) is 0 Å². The normalized spacial score (nSPS) is 26.1. The van der Waals surface area contributed by atoms with Gasteiger partial charge in [0.25, 0.3) is 0 Å². The van der Waals surface area contributed by atoms with Gasteiger partial charge < -0.3 is 10.1 Å². The fraction of sp³-hybridized carbons (Fsp3) is 0.875. The Morgan fingerprint density at radius 2 is 2.43 bits per heavy atom. The maximum absolute atomic E-state index is 5.46. The molecular formula is C8H15N5O. The molecule has 6 heteroatoms. The van der Waals surface area contributed by atoms with Gasteiger partial charge in [-0.15, -0.1) is 10.2 Å². The Kier molecular flexibility index (Phi) is 3.05. The molecule has 78 valence electrons. The second-order valence-electron chi connectivity index (χ2n) is 3.45. The molecule has 0 atom stereocenters. The molecule has 0 saturated heterocycles. The number of tetrazole rings is 1. The molecule has 0 aliphatic heterocycles. The Balaban J connectivity index is 1.61. The third-order valence-electron chi connectivity index (χ3n) is 2.44. The zero-order valence-electron chi connectivity index (χ0n) is 8.23. The van der Waals surface area contributed by atoms with Crippen molar-refractivity contribution in [2.24, 2.45) is 0 Å². The Labute approximate surface area is 82.4 Å². The quantitative estimate of drug-likeness (QED) is 0.687. The summed E-state index contributed by atoms with van der Waals surface area (Å²) >= 11 is 0. The lowest BCUT2D eigenvalue weighted by molar-refractivity contribution is -0.0103. The lowest BCUT2D eigenvalue weighted by atomic mass is 9.89. The molecule has 14 heavy (non-hydrogen) atoms. The predicted molar refractivity (Wildman–Crippen MR) is 49.5 cm³/mol. The van der Waals surface area contributed by atoms with Crippen molar-refractivity contribution in [1.82, 2.24) is 25.9 Å². The summed E-state index contributed by atoms with van der Waals surface area (Å²) in [6.07, 6.45) is 2.62. The highest BCUT2D eigenvalue weighted by molar-refractivity contribution is 4.87. The Morgan fingerprint density at radius 1 is 1.57 bits per heavy atom. The number of nitrogens with zero attached hydrogens (tertiary/aromatic N) is 3. The van der Waals surface area contributed by atoms with Crippen molar-refractivity contribution < 1.29 is 4.74 Å². The lowest BCUT2D eigenvalue weighted by Gasteiger charge is -2.35. The second-order valence-corrected chi connectivity index (χ2v) is 3.45. The molecule has 1 saturated carbocycles. The van der Waals surface area contributed by atoms with Gasteiger partial charge in [-0.2, -0.15) is 5.21 Å². The van der Waals surface area contributed by atoms with E-state index < -0.39 is 0 Å². The molecule has 0 aromatic carbocycles. The van der Waals surface area contributed by atoms with Crippen LogP contribution in [0.3, 0.4) is 0 Å². The summed E-state index contributed by atoms with van der Waals surface area (Å²) < 4.78 is 5.46. The maximum atomic E-state index is 5.46. The molecule has 2 N–H and O–H groups in total. The minimum atomic E-state index is 0.447. The lowest BCUT2D eigenvalue weighted by Crippen LogP contribution is -2.45. The first-order valence-corrected chi connectivity index (χ1v) is 4.95. The largest absolute Gasteiger partial charge is 0.378 e. The number of aromatic nitrogens is 4. The number of H-pyrrole nitrogens is 1. The minimum absolute atomic E-state index is 0.447. The first-order chi connectivity index (χ1) is 6.88. The van der Waals surface area contributed by atoms with Crippen molar-refractivity contribution in [3.63, 3.8) is 0 Å². The zero-order chi connectivity index (χ0) is 9.80. The van der Waals surface area contributed by atoms with Crippen molar-refractivity contribution in [2.75, 3.05) is 6.61 Å². The molecule has 0 spiro atoms. The van der Waals surface area contributed by atoms with E-state index in [4.69, 9.17) is 4.74 Å². The van der Waals surface area contributed by atoms with Crippen molar-refractivity contribution in [1.29, 1.82) is 0 Å². The summed E-state index contributed by atoms with van der Waals surface area (Å²) in [4.78, 5) is 0. The van der Waals surface area contributed by atoms with Crippen LogP contribution in [-0.2, 0) is 11.3 Å². The fourth-order valence-electron chi connectivity index (χ4n) is 1.60. The highest BCUT2D eigenvalue weighted by Gasteiger charge is 2.28. The van der Waals surface area contributed by atoms with Gasteiger partial charge in [-0.1, -0.05) is 5.21 Å². The Hall–Kier alpha value is -1.01. The molecule has 0 amide bonds. The summed E-state index contributed by atoms with van der Waals surface area (Å²) in [6, 6.07) is 0.546. The second kappa shape index (κ2) is 4.47. The van der Waals surface area contributed by atoms with E-state index in [9.17, 15) is 0 Å². The number of nitrogens with one attached hydrogen (secondary N) is 2. The number of hydrogen-bond donors (Lipinski definition) is 2. The average molecular weight is 197 g/mol. The third kappa shape index (κ3) is 2.27. The van der Waals surface area contributed by atoms with Crippen LogP contribution in [0.4, 0.5) is 0 Å². The van der Waals surface area contributed by atoms with Gasteiger partial charge in [-0.05, 0) is 19.8 Å². The van der Waals surface area contributed by atoms with Crippen LogP contribution >= 0.6 is 0 Å². The van der Waals surface area contributed by atoms with Crippen molar-refractivity contribution in [3.8, 4) is 0 Å². The molecule has 6 nitrogen and oxygen atoms in total. The van der Waals surface area contributed by atoms with E-state index in [2.05, 4.69) is 25.9 Å². The van der Waals surface area contributed by atoms with Gasteiger partial charge in [0.1, 0.15) is 0 Å². The van der Waals surface area contributed by atoms with Crippen molar-refractivity contribution in [3.05, 3.63) is 5.82 Å². The number of ether oxygens (including phenoxy) is 1. The van der Waals surface area contributed by atoms with E-state index >= 15 is 0 Å². The van der Waals surface area contributed by atoms with Crippen LogP contribution < -0.4 is 5.32 Å². The Bertz CT molecular complexity index is 257. The van der Waals surface area contributed by atoms with Crippen molar-refractivity contribution in [2.45, 2.75) is 38.5 Å². The number of hydrogen-bond acceptors (Lipinski definition) is 5. The van der Waals surface area contributed by atoms with Crippen LogP contribution in [0.15, 0.2) is 0 Å². The van der Waals surface area contributed by atoms with Crippen molar-refractivity contribution >= 4 is 0 Å². The molecule has 1 aromatic rings. The van der Waals surface area contributed by atoms with E-state index in [1.807, 2.05) is 6.92 Å². The van der Waals surface area contributed by atoms with Gasteiger partial charge in [0.15, 0.2) is 5.82 Å². The molecule has 1 heterocycles. The van der Waals surface area contributed by atoms with Gasteiger partial charge in [0.05, 0.1) is 12.6 Å². The van der Waals surface area contributed by atoms with E-state index in [0.717, 1.165) is 19.4 Å². The van der Waals surface area contributed by atoms with Crippen LogP contribution in [0.2, 0.25) is 0 Å². The summed E-state index contributed by atoms with van der Waals surface area (Å²) in [5.41, 5.74) is 0. The summed E-state index contributed by atoms with van der Waals surface area (Å²) in [5, 5.41) is 17.0. The number of rotatable bonds is 5. The highest BCUT2D eigenvalue weighted by Crippen LogP contribution is 2.23. The molecule has 1 aromatic heterocycles. The van der Waals surface area contributed by atoms with Crippen LogP contribution in [0.25, 0.3) is 0 Å². The molecule has 1 fully saturated rings. The van der Waals surface area contributed by atoms with E-state index in [-0.39, 0.29) is 0 Å². The van der Waals surface area contributed by atoms with Gasteiger partial charge in [-0.25, -0.2) is 0 Å². The molecule has 1 aliphatic rings. The van der Waals surface area contributed by atoms with Crippen LogP contribution in [0.1, 0.15) is 25.6 Å². The minimum Gasteiger partial charge on any atom is -0.378 e. The smallest absolute Gasteiger partial charge is 0.188 e. The van der Waals surface area contributed by atoms with Crippen LogP contribution in [0.5, 0.6) is 0 Å². The SMILES string of the molecule is CCOC1CC(NCc2nn[nH]n2)C1. The average Bonchev–Trinajstić information content (AvgIpc) is 2.61. The van der Waals surface area contributed by atoms with E-state index in [1.165, 1.54) is 0 Å². The van der Waals surface area contributed by atoms with Gasteiger partial charge in [0, 0.05) is 12.6 Å².